The van der Waals surface area contributed by atoms with E-state index in [1.54, 1.807) is 11.3 Å². The van der Waals surface area contributed by atoms with E-state index in [2.05, 4.69) is 48.9 Å². The Hall–Kier alpha value is -3.78. The van der Waals surface area contributed by atoms with Crippen molar-refractivity contribution in [3.8, 4) is 22.1 Å². The van der Waals surface area contributed by atoms with Crippen LogP contribution in [0, 0.1) is 12.8 Å². The van der Waals surface area contributed by atoms with Crippen LogP contribution in [-0.2, 0) is 6.54 Å². The largest absolute Gasteiger partial charge is 0.437 e. The third-order valence-electron chi connectivity index (χ3n) is 5.65. The number of imidazole rings is 1. The molecule has 33 heavy (non-hydrogen) atoms. The molecule has 6 rings (SSSR count). The van der Waals surface area contributed by atoms with Gasteiger partial charge in [0.1, 0.15) is 12.1 Å². The Bertz CT molecular complexity index is 1420. The highest BCUT2D eigenvalue weighted by Gasteiger charge is 2.23. The maximum atomic E-state index is 6.06. The Balaban J connectivity index is 1.18. The molecule has 1 N–H and O–H groups in total. The molecule has 3 aromatic heterocycles. The first-order valence-corrected chi connectivity index (χ1v) is 11.8. The van der Waals surface area contributed by atoms with Crippen molar-refractivity contribution in [3.05, 3.63) is 72.9 Å². The van der Waals surface area contributed by atoms with E-state index in [0.717, 1.165) is 39.4 Å². The normalized spacial score (nSPS) is 13.4. The van der Waals surface area contributed by atoms with Crippen molar-refractivity contribution in [2.45, 2.75) is 26.3 Å². The lowest BCUT2D eigenvalue weighted by Gasteiger charge is -2.06. The van der Waals surface area contributed by atoms with Crippen LogP contribution < -0.4 is 10.1 Å². The number of hydrogen-bond donors (Lipinski definition) is 1. The third kappa shape index (κ3) is 4.29. The number of nitrogens with zero attached hydrogens (tertiary/aromatic N) is 5. The minimum Gasteiger partial charge on any atom is -0.437 e. The number of rotatable bonds is 7. The highest BCUT2D eigenvalue weighted by atomic mass is 32.1. The molecule has 1 fully saturated rings. The highest BCUT2D eigenvalue weighted by molar-refractivity contribution is 7.18. The summed E-state index contributed by atoms with van der Waals surface area (Å²) < 4.78 is 8.15. The van der Waals surface area contributed by atoms with Crippen LogP contribution in [0.4, 0.5) is 10.8 Å². The Kier molecular flexibility index (Phi) is 4.99. The van der Waals surface area contributed by atoms with Crippen LogP contribution in [0.5, 0.6) is 11.6 Å². The summed E-state index contributed by atoms with van der Waals surface area (Å²) in [5.41, 5.74) is 4.84. The molecule has 8 heteroatoms. The predicted molar refractivity (Wildman–Crippen MR) is 130 cm³/mol. The van der Waals surface area contributed by atoms with Crippen molar-refractivity contribution in [3.63, 3.8) is 0 Å². The topological polar surface area (TPSA) is 77.8 Å². The Labute approximate surface area is 195 Å². The summed E-state index contributed by atoms with van der Waals surface area (Å²) in [5.74, 6) is 1.93. The van der Waals surface area contributed by atoms with Gasteiger partial charge < -0.3 is 14.6 Å². The Morgan fingerprint density at radius 2 is 1.94 bits per heavy atom. The second-order valence-corrected chi connectivity index (χ2v) is 9.37. The zero-order chi connectivity index (χ0) is 22.2. The molecule has 1 saturated carbocycles. The van der Waals surface area contributed by atoms with Crippen LogP contribution >= 0.6 is 11.3 Å². The second-order valence-electron chi connectivity index (χ2n) is 8.34. The van der Waals surface area contributed by atoms with Gasteiger partial charge in [-0.25, -0.2) is 15.0 Å². The van der Waals surface area contributed by atoms with Crippen LogP contribution in [-0.4, -0.2) is 24.5 Å². The molecule has 2 aromatic carbocycles. The number of fused-ring (bicyclic) bond motifs is 1. The minimum absolute atomic E-state index is 0.477. The van der Waals surface area contributed by atoms with Gasteiger partial charge in [0, 0.05) is 18.4 Å². The Morgan fingerprint density at radius 1 is 1.06 bits per heavy atom. The molecule has 0 unspecified atom stereocenters. The molecule has 0 bridgehead atoms. The smallest absolute Gasteiger partial charge is 0.250 e. The summed E-state index contributed by atoms with van der Waals surface area (Å²) in [7, 11) is 0. The number of thiazole rings is 1. The molecule has 0 amide bonds. The van der Waals surface area contributed by atoms with Gasteiger partial charge >= 0.3 is 0 Å². The summed E-state index contributed by atoms with van der Waals surface area (Å²) in [6, 6.07) is 16.2. The van der Waals surface area contributed by atoms with E-state index >= 15 is 0 Å². The third-order valence-corrected chi connectivity index (χ3v) is 6.61. The molecule has 3 heterocycles. The molecule has 1 aliphatic carbocycles. The molecule has 0 atom stereocenters. The first-order chi connectivity index (χ1) is 16.2. The minimum atomic E-state index is 0.477. The summed E-state index contributed by atoms with van der Waals surface area (Å²) in [6.07, 6.45) is 7.82. The molecule has 164 valence electrons. The van der Waals surface area contributed by atoms with Gasteiger partial charge in [0.25, 0.3) is 5.88 Å². The van der Waals surface area contributed by atoms with Gasteiger partial charge in [0.05, 0.1) is 11.2 Å². The number of aryl methyl sites for hydroxylation is 1. The molecule has 0 saturated heterocycles. The van der Waals surface area contributed by atoms with Gasteiger partial charge in [-0.1, -0.05) is 23.5 Å². The molecule has 5 aromatic rings. The van der Waals surface area contributed by atoms with E-state index in [4.69, 9.17) is 4.74 Å². The SMILES string of the molecule is Cc1cccc(Nc2ncc(-c3ccc(Oc4ncnc5c4ncn5CC4CC4)cc3)s2)c1. The van der Waals surface area contributed by atoms with Crippen molar-refractivity contribution in [2.75, 3.05) is 5.32 Å². The molecule has 7 nitrogen and oxygen atoms in total. The van der Waals surface area contributed by atoms with Crippen molar-refractivity contribution in [1.29, 1.82) is 0 Å². The van der Waals surface area contributed by atoms with Crippen LogP contribution in [0.25, 0.3) is 21.6 Å². The summed E-state index contributed by atoms with van der Waals surface area (Å²) in [4.78, 5) is 18.8. The highest BCUT2D eigenvalue weighted by Crippen LogP contribution is 2.34. The molecule has 1 aliphatic rings. The maximum absolute atomic E-state index is 6.06. The van der Waals surface area contributed by atoms with Gasteiger partial charge in [-0.05, 0) is 73.2 Å². The van der Waals surface area contributed by atoms with Crippen LogP contribution in [0.1, 0.15) is 18.4 Å². The van der Waals surface area contributed by atoms with Crippen molar-refractivity contribution < 1.29 is 4.74 Å². The number of nitrogens with one attached hydrogen (secondary N) is 1. The number of benzene rings is 2. The summed E-state index contributed by atoms with van der Waals surface area (Å²) in [5, 5.41) is 4.24. The number of anilines is 2. The van der Waals surface area contributed by atoms with E-state index in [9.17, 15) is 0 Å². The number of ether oxygens (including phenoxy) is 1. The predicted octanol–water partition coefficient (Wildman–Crippen LogP) is 6.20. The zero-order valence-corrected chi connectivity index (χ0v) is 18.9. The van der Waals surface area contributed by atoms with Crippen LogP contribution in [0.3, 0.4) is 0 Å². The maximum Gasteiger partial charge on any atom is 0.250 e. The standard InChI is InChI=1S/C25H22N6OS/c1-16-3-2-4-19(11-16)30-25-26-12-21(33-25)18-7-9-20(10-8-18)32-24-22-23(27-14-28-24)31(15-29-22)13-17-5-6-17/h2-4,7-12,14-15,17H,5-6,13H2,1H3,(H,26,30). The fourth-order valence-electron chi connectivity index (χ4n) is 3.76. The fraction of sp³-hybridized carbons (Fsp3) is 0.200. The molecule has 0 radical (unpaired) electrons. The van der Waals surface area contributed by atoms with Gasteiger partial charge in [0.15, 0.2) is 16.3 Å². The quantitative estimate of drug-likeness (QED) is 0.315. The molecule has 0 spiro atoms. The van der Waals surface area contributed by atoms with E-state index < -0.39 is 0 Å². The molecule has 0 aliphatic heterocycles. The van der Waals surface area contributed by atoms with E-state index in [-0.39, 0.29) is 0 Å². The van der Waals surface area contributed by atoms with Gasteiger partial charge in [-0.2, -0.15) is 4.98 Å². The van der Waals surface area contributed by atoms with Crippen molar-refractivity contribution in [2.24, 2.45) is 5.92 Å². The zero-order valence-electron chi connectivity index (χ0n) is 18.1. The monoisotopic (exact) mass is 454 g/mol. The molecular formula is C25H22N6OS. The summed E-state index contributed by atoms with van der Waals surface area (Å²) >= 11 is 1.61. The molecular weight excluding hydrogens is 432 g/mol. The van der Waals surface area contributed by atoms with E-state index in [0.29, 0.717) is 17.1 Å². The number of aromatic nitrogens is 5. The summed E-state index contributed by atoms with van der Waals surface area (Å²) in [6.45, 7) is 3.03. The van der Waals surface area contributed by atoms with Gasteiger partial charge in [0.2, 0.25) is 0 Å². The lowest BCUT2D eigenvalue weighted by Crippen LogP contribution is -1.99. The fourth-order valence-corrected chi connectivity index (χ4v) is 4.60. The first-order valence-electron chi connectivity index (χ1n) is 10.9. The lowest BCUT2D eigenvalue weighted by atomic mass is 10.2. The average molecular weight is 455 g/mol. The van der Waals surface area contributed by atoms with Crippen LogP contribution in [0.15, 0.2) is 67.4 Å². The second kappa shape index (κ2) is 8.29. The van der Waals surface area contributed by atoms with Gasteiger partial charge in [-0.15, -0.1) is 0 Å². The van der Waals surface area contributed by atoms with E-state index in [1.165, 1.54) is 24.7 Å². The average Bonchev–Trinajstić information content (AvgIpc) is 3.36. The van der Waals surface area contributed by atoms with E-state index in [1.807, 2.05) is 48.9 Å². The first kappa shape index (κ1) is 19.9. The van der Waals surface area contributed by atoms with Crippen LogP contribution in [0.2, 0.25) is 0 Å². The lowest BCUT2D eigenvalue weighted by molar-refractivity contribution is 0.467. The number of hydrogen-bond acceptors (Lipinski definition) is 7. The Morgan fingerprint density at radius 3 is 2.76 bits per heavy atom. The van der Waals surface area contributed by atoms with Crippen molar-refractivity contribution >= 4 is 33.3 Å². The van der Waals surface area contributed by atoms with Gasteiger partial charge in [-0.3, -0.25) is 0 Å². The van der Waals surface area contributed by atoms with Crippen molar-refractivity contribution in [1.82, 2.24) is 24.5 Å².